The van der Waals surface area contributed by atoms with Gasteiger partial charge < -0.3 is 5.11 Å². The molecule has 2 aromatic heterocycles. The fraction of sp³-hybridized carbons (Fsp3) is 0.167. The predicted octanol–water partition coefficient (Wildman–Crippen LogP) is 2.59. The monoisotopic (exact) mass is 305 g/mol. The minimum atomic E-state index is 0.210. The highest BCUT2D eigenvalue weighted by Gasteiger charge is 2.13. The summed E-state index contributed by atoms with van der Waals surface area (Å²) in [4.78, 5) is 5.66. The first-order valence-corrected chi connectivity index (χ1v) is 7.46. The van der Waals surface area contributed by atoms with E-state index in [0.717, 1.165) is 15.7 Å². The summed E-state index contributed by atoms with van der Waals surface area (Å²) in [6.07, 6.45) is 0. The van der Waals surface area contributed by atoms with Crippen LogP contribution in [0.15, 0.2) is 33.8 Å². The second kappa shape index (κ2) is 5.22. The third-order valence-corrected chi connectivity index (χ3v) is 4.79. The quantitative estimate of drug-likeness (QED) is 0.801. The molecule has 0 radical (unpaired) electrons. The van der Waals surface area contributed by atoms with E-state index in [-0.39, 0.29) is 5.75 Å². The predicted molar refractivity (Wildman–Crippen MR) is 76.5 cm³/mol. The maximum absolute atomic E-state index is 9.32. The first-order chi connectivity index (χ1) is 9.63. The molecule has 0 saturated heterocycles. The van der Waals surface area contributed by atoms with E-state index in [0.29, 0.717) is 5.16 Å². The van der Waals surface area contributed by atoms with Crippen LogP contribution in [0.1, 0.15) is 10.6 Å². The number of rotatable bonds is 3. The third kappa shape index (κ3) is 2.52. The number of phenolic OH excluding ortho intramolecular Hbond substituents is 1. The van der Waals surface area contributed by atoms with Gasteiger partial charge in [-0.15, -0.1) is 16.4 Å². The summed E-state index contributed by atoms with van der Waals surface area (Å²) in [7, 11) is 0. The molecular weight excluding hydrogens is 294 g/mol. The second-order valence-electron chi connectivity index (χ2n) is 4.11. The number of aryl methyl sites for hydroxylation is 2. The van der Waals surface area contributed by atoms with Gasteiger partial charge in [0.05, 0.1) is 11.4 Å². The standard InChI is InChI=1S/C12H11N5OS2/c1-7-8(2)19-12(13-7)20-11-14-15-16-17(11)9-3-5-10(18)6-4-9/h3-6,18H,1-2H3. The Bertz CT molecular complexity index is 715. The van der Waals surface area contributed by atoms with Gasteiger partial charge in [-0.25, -0.2) is 4.98 Å². The maximum Gasteiger partial charge on any atom is 0.221 e. The Kier molecular flexibility index (Phi) is 3.41. The second-order valence-corrected chi connectivity index (χ2v) is 6.53. The van der Waals surface area contributed by atoms with Gasteiger partial charge in [-0.2, -0.15) is 4.68 Å². The molecule has 102 valence electrons. The van der Waals surface area contributed by atoms with Crippen molar-refractivity contribution in [1.82, 2.24) is 25.2 Å². The van der Waals surface area contributed by atoms with Crippen molar-refractivity contribution in [2.24, 2.45) is 0 Å². The number of thiazole rings is 1. The molecule has 8 heteroatoms. The lowest BCUT2D eigenvalue weighted by Gasteiger charge is -2.02. The number of tetrazole rings is 1. The first-order valence-electron chi connectivity index (χ1n) is 5.83. The molecule has 0 unspecified atom stereocenters. The number of hydrogen-bond acceptors (Lipinski definition) is 7. The van der Waals surface area contributed by atoms with Gasteiger partial charge in [-0.05, 0) is 60.3 Å². The first kappa shape index (κ1) is 13.1. The van der Waals surface area contributed by atoms with E-state index in [9.17, 15) is 5.11 Å². The van der Waals surface area contributed by atoms with Crippen LogP contribution in [-0.2, 0) is 0 Å². The normalized spacial score (nSPS) is 10.9. The number of aromatic nitrogens is 5. The Morgan fingerprint density at radius 1 is 1.20 bits per heavy atom. The minimum Gasteiger partial charge on any atom is -0.508 e. The van der Waals surface area contributed by atoms with Crippen LogP contribution in [0.25, 0.3) is 5.69 Å². The van der Waals surface area contributed by atoms with E-state index in [1.807, 2.05) is 13.8 Å². The van der Waals surface area contributed by atoms with Crippen LogP contribution >= 0.6 is 23.1 Å². The van der Waals surface area contributed by atoms with E-state index in [1.54, 1.807) is 40.3 Å². The molecular formula is C12H11N5OS2. The van der Waals surface area contributed by atoms with Gasteiger partial charge in [0.25, 0.3) is 0 Å². The molecule has 0 aliphatic rings. The Morgan fingerprint density at radius 2 is 1.95 bits per heavy atom. The summed E-state index contributed by atoms with van der Waals surface area (Å²) in [6, 6.07) is 6.72. The van der Waals surface area contributed by atoms with Crippen LogP contribution in [0, 0.1) is 13.8 Å². The molecule has 0 atom stereocenters. The topological polar surface area (TPSA) is 76.7 Å². The van der Waals surface area contributed by atoms with Gasteiger partial charge in [0.1, 0.15) is 5.75 Å². The maximum atomic E-state index is 9.32. The zero-order chi connectivity index (χ0) is 14.1. The van der Waals surface area contributed by atoms with Crippen LogP contribution in [0.4, 0.5) is 0 Å². The highest BCUT2D eigenvalue weighted by atomic mass is 32.2. The zero-order valence-corrected chi connectivity index (χ0v) is 12.4. The fourth-order valence-electron chi connectivity index (χ4n) is 1.56. The number of aromatic hydroxyl groups is 1. The van der Waals surface area contributed by atoms with Gasteiger partial charge in [0.2, 0.25) is 5.16 Å². The van der Waals surface area contributed by atoms with Gasteiger partial charge >= 0.3 is 0 Å². The summed E-state index contributed by atoms with van der Waals surface area (Å²) in [5, 5.41) is 21.7. The van der Waals surface area contributed by atoms with Crippen molar-refractivity contribution in [2.45, 2.75) is 23.3 Å². The lowest BCUT2D eigenvalue weighted by molar-refractivity contribution is 0.475. The molecule has 1 N–H and O–H groups in total. The number of phenols is 1. The van der Waals surface area contributed by atoms with E-state index in [4.69, 9.17) is 0 Å². The van der Waals surface area contributed by atoms with Gasteiger partial charge in [0.15, 0.2) is 4.34 Å². The van der Waals surface area contributed by atoms with Gasteiger partial charge in [-0.1, -0.05) is 0 Å². The lowest BCUT2D eigenvalue weighted by Crippen LogP contribution is -1.98. The van der Waals surface area contributed by atoms with Crippen molar-refractivity contribution in [1.29, 1.82) is 0 Å². The van der Waals surface area contributed by atoms with Crippen molar-refractivity contribution in [3.8, 4) is 11.4 Å². The van der Waals surface area contributed by atoms with E-state index in [1.165, 1.54) is 16.6 Å². The molecule has 0 fully saturated rings. The molecule has 3 rings (SSSR count). The van der Waals surface area contributed by atoms with Crippen molar-refractivity contribution in [3.05, 3.63) is 34.8 Å². The van der Waals surface area contributed by atoms with E-state index < -0.39 is 0 Å². The van der Waals surface area contributed by atoms with Crippen LogP contribution in [0.2, 0.25) is 0 Å². The van der Waals surface area contributed by atoms with E-state index >= 15 is 0 Å². The number of hydrogen-bond donors (Lipinski definition) is 1. The Hall–Kier alpha value is -1.93. The fourth-order valence-corrected chi connectivity index (χ4v) is 3.61. The summed E-state index contributed by atoms with van der Waals surface area (Å²) < 4.78 is 2.53. The molecule has 6 nitrogen and oxygen atoms in total. The van der Waals surface area contributed by atoms with E-state index in [2.05, 4.69) is 20.5 Å². The SMILES string of the molecule is Cc1nc(Sc2nnnn2-c2ccc(O)cc2)sc1C. The lowest BCUT2D eigenvalue weighted by atomic mass is 10.3. The minimum absolute atomic E-state index is 0.210. The summed E-state index contributed by atoms with van der Waals surface area (Å²) in [5.41, 5.74) is 1.82. The van der Waals surface area contributed by atoms with Crippen molar-refractivity contribution in [2.75, 3.05) is 0 Å². The molecule has 0 aliphatic heterocycles. The molecule has 2 heterocycles. The van der Waals surface area contributed by atoms with Crippen LogP contribution in [0.3, 0.4) is 0 Å². The third-order valence-electron chi connectivity index (χ3n) is 2.72. The zero-order valence-electron chi connectivity index (χ0n) is 10.8. The highest BCUT2D eigenvalue weighted by molar-refractivity contribution is 8.00. The number of nitrogens with zero attached hydrogens (tertiary/aromatic N) is 5. The molecule has 3 aromatic rings. The average molecular weight is 305 g/mol. The molecule has 0 spiro atoms. The molecule has 1 aromatic carbocycles. The average Bonchev–Trinajstić information content (AvgIpc) is 2.99. The molecule has 0 amide bonds. The largest absolute Gasteiger partial charge is 0.508 e. The van der Waals surface area contributed by atoms with Gasteiger partial charge in [-0.3, -0.25) is 0 Å². The van der Waals surface area contributed by atoms with Crippen LogP contribution < -0.4 is 0 Å². The summed E-state index contributed by atoms with van der Waals surface area (Å²) in [6.45, 7) is 4.03. The molecule has 20 heavy (non-hydrogen) atoms. The summed E-state index contributed by atoms with van der Waals surface area (Å²) in [5.74, 6) is 0.210. The Labute approximate surface area is 123 Å². The Balaban J connectivity index is 1.92. The highest BCUT2D eigenvalue weighted by Crippen LogP contribution is 2.32. The summed E-state index contributed by atoms with van der Waals surface area (Å²) >= 11 is 3.05. The molecule has 0 saturated carbocycles. The van der Waals surface area contributed by atoms with Crippen LogP contribution in [0.5, 0.6) is 5.75 Å². The van der Waals surface area contributed by atoms with Gasteiger partial charge in [0, 0.05) is 4.88 Å². The Morgan fingerprint density at radius 3 is 2.60 bits per heavy atom. The van der Waals surface area contributed by atoms with Crippen molar-refractivity contribution >= 4 is 23.1 Å². The van der Waals surface area contributed by atoms with Crippen molar-refractivity contribution in [3.63, 3.8) is 0 Å². The smallest absolute Gasteiger partial charge is 0.221 e. The molecule has 0 aliphatic carbocycles. The van der Waals surface area contributed by atoms with Crippen molar-refractivity contribution < 1.29 is 5.11 Å². The molecule has 0 bridgehead atoms. The number of benzene rings is 1. The van der Waals surface area contributed by atoms with Crippen LogP contribution in [-0.4, -0.2) is 30.3 Å².